The molecule has 1 N–H and O–H groups in total. The number of piperidine rings is 2. The number of amides is 1. The summed E-state index contributed by atoms with van der Waals surface area (Å²) in [4.78, 5) is 15.1. The Bertz CT molecular complexity index is 1080. The Morgan fingerprint density at radius 1 is 0.909 bits per heavy atom. The summed E-state index contributed by atoms with van der Waals surface area (Å²) in [5, 5.41) is 3.73. The molecule has 0 aliphatic carbocycles. The van der Waals surface area contributed by atoms with Crippen molar-refractivity contribution in [3.8, 4) is 0 Å². The molecule has 2 aliphatic rings. The van der Waals surface area contributed by atoms with Crippen molar-refractivity contribution in [3.63, 3.8) is 0 Å². The molecule has 9 heteroatoms. The first-order chi connectivity index (χ1) is 15.8. The molecule has 0 bridgehead atoms. The molecular weight excluding hydrogens is 481 g/mol. The normalized spacial score (nSPS) is 18.3. The molecule has 0 unspecified atom stereocenters. The highest BCUT2D eigenvalue weighted by Crippen LogP contribution is 2.27. The van der Waals surface area contributed by atoms with E-state index in [1.54, 1.807) is 18.2 Å². The van der Waals surface area contributed by atoms with E-state index in [9.17, 15) is 13.2 Å². The van der Waals surface area contributed by atoms with Crippen LogP contribution in [0.5, 0.6) is 0 Å². The second-order valence-electron chi connectivity index (χ2n) is 8.76. The van der Waals surface area contributed by atoms with E-state index in [1.807, 2.05) is 12.1 Å². The Kier molecular flexibility index (Phi) is 7.84. The van der Waals surface area contributed by atoms with Crippen LogP contribution in [0.25, 0.3) is 0 Å². The Morgan fingerprint density at radius 2 is 1.58 bits per heavy atom. The minimum Gasteiger partial charge on any atom is -0.372 e. The van der Waals surface area contributed by atoms with Gasteiger partial charge in [-0.25, -0.2) is 12.7 Å². The average molecular weight is 510 g/mol. The van der Waals surface area contributed by atoms with E-state index >= 15 is 0 Å². The molecule has 0 atom stereocenters. The van der Waals surface area contributed by atoms with Gasteiger partial charge in [0.15, 0.2) is 0 Å². The van der Waals surface area contributed by atoms with Gasteiger partial charge >= 0.3 is 0 Å². The van der Waals surface area contributed by atoms with Crippen LogP contribution >= 0.6 is 23.2 Å². The number of rotatable bonds is 6. The fourth-order valence-corrected chi connectivity index (χ4v) is 6.35. The van der Waals surface area contributed by atoms with E-state index in [-0.39, 0.29) is 17.6 Å². The third kappa shape index (κ3) is 6.21. The molecule has 1 amide bonds. The van der Waals surface area contributed by atoms with Crippen LogP contribution in [0.4, 0.5) is 11.4 Å². The lowest BCUT2D eigenvalue weighted by Crippen LogP contribution is -2.41. The second kappa shape index (κ2) is 10.6. The van der Waals surface area contributed by atoms with Crippen molar-refractivity contribution in [2.75, 3.05) is 36.4 Å². The van der Waals surface area contributed by atoms with Crippen molar-refractivity contribution in [2.45, 2.75) is 37.9 Å². The Morgan fingerprint density at radius 3 is 2.21 bits per heavy atom. The summed E-state index contributed by atoms with van der Waals surface area (Å²) < 4.78 is 27.1. The lowest BCUT2D eigenvalue weighted by Gasteiger charge is -2.31. The molecule has 2 aliphatic heterocycles. The van der Waals surface area contributed by atoms with Crippen LogP contribution in [0.2, 0.25) is 10.0 Å². The molecule has 2 saturated heterocycles. The van der Waals surface area contributed by atoms with Crippen LogP contribution in [-0.4, -0.2) is 44.8 Å². The third-order valence-corrected chi connectivity index (χ3v) is 9.00. The molecule has 33 heavy (non-hydrogen) atoms. The van der Waals surface area contributed by atoms with E-state index in [2.05, 4.69) is 22.3 Å². The molecule has 2 aromatic carbocycles. The first-order valence-electron chi connectivity index (χ1n) is 11.4. The van der Waals surface area contributed by atoms with Crippen molar-refractivity contribution >= 4 is 50.5 Å². The largest absolute Gasteiger partial charge is 0.372 e. The highest BCUT2D eigenvalue weighted by molar-refractivity contribution is 7.88. The van der Waals surface area contributed by atoms with Crippen LogP contribution in [0.3, 0.4) is 0 Å². The number of anilines is 2. The zero-order valence-corrected chi connectivity index (χ0v) is 20.8. The maximum Gasteiger partial charge on any atom is 0.227 e. The molecule has 0 spiro atoms. The summed E-state index contributed by atoms with van der Waals surface area (Å²) in [7, 11) is -3.49. The fraction of sp³-hybridized carbons (Fsp3) is 0.458. The highest BCUT2D eigenvalue weighted by Gasteiger charge is 2.31. The van der Waals surface area contributed by atoms with Gasteiger partial charge < -0.3 is 10.2 Å². The van der Waals surface area contributed by atoms with Gasteiger partial charge in [-0.1, -0.05) is 29.3 Å². The Labute approximate surface area is 205 Å². The van der Waals surface area contributed by atoms with Crippen LogP contribution in [0, 0.1) is 5.92 Å². The monoisotopic (exact) mass is 509 g/mol. The summed E-state index contributed by atoms with van der Waals surface area (Å²) in [6.45, 7) is 2.82. The van der Waals surface area contributed by atoms with E-state index in [1.165, 1.54) is 29.3 Å². The third-order valence-electron chi connectivity index (χ3n) is 6.41. The molecule has 2 heterocycles. The predicted octanol–water partition coefficient (Wildman–Crippen LogP) is 5.16. The van der Waals surface area contributed by atoms with E-state index in [4.69, 9.17) is 23.2 Å². The predicted molar refractivity (Wildman–Crippen MR) is 135 cm³/mol. The fourth-order valence-electron chi connectivity index (χ4n) is 4.48. The first-order valence-corrected chi connectivity index (χ1v) is 13.8. The quantitative estimate of drug-likeness (QED) is 0.583. The number of sulfonamides is 1. The van der Waals surface area contributed by atoms with E-state index in [0.717, 1.165) is 18.8 Å². The number of carbonyl (C=O) groups excluding carboxylic acids is 1. The molecule has 2 aromatic rings. The summed E-state index contributed by atoms with van der Waals surface area (Å²) in [6.07, 6.45) is 4.73. The van der Waals surface area contributed by atoms with Gasteiger partial charge in [-0.15, -0.1) is 0 Å². The van der Waals surface area contributed by atoms with Crippen LogP contribution in [-0.2, 0) is 20.6 Å². The van der Waals surface area contributed by atoms with Gasteiger partial charge in [0, 0.05) is 43.5 Å². The van der Waals surface area contributed by atoms with Gasteiger partial charge in [-0.3, -0.25) is 4.79 Å². The standard InChI is InChI=1S/C24H29Cl2N3O3S/c25-22-9-4-18(16-23(22)26)17-33(31,32)29-14-10-19(11-15-29)24(30)27-20-5-7-21(8-6-20)28-12-2-1-3-13-28/h4-9,16,19H,1-3,10-15,17H2,(H,27,30). The lowest BCUT2D eigenvalue weighted by atomic mass is 9.97. The van der Waals surface area contributed by atoms with E-state index < -0.39 is 10.0 Å². The van der Waals surface area contributed by atoms with Gasteiger partial charge in [-0.2, -0.15) is 0 Å². The molecule has 178 valence electrons. The summed E-state index contributed by atoms with van der Waals surface area (Å²) in [6, 6.07) is 12.8. The molecule has 0 aromatic heterocycles. The van der Waals surface area contributed by atoms with Gasteiger partial charge in [-0.05, 0) is 74.1 Å². The molecular formula is C24H29Cl2N3O3S. The number of hydrogen-bond acceptors (Lipinski definition) is 4. The lowest BCUT2D eigenvalue weighted by molar-refractivity contribution is -0.120. The van der Waals surface area contributed by atoms with Crippen molar-refractivity contribution in [2.24, 2.45) is 5.92 Å². The zero-order chi connectivity index (χ0) is 23.4. The SMILES string of the molecule is O=C(Nc1ccc(N2CCCCC2)cc1)C1CCN(S(=O)(=O)Cc2ccc(Cl)c(Cl)c2)CC1. The number of carbonyl (C=O) groups is 1. The minimum atomic E-state index is -3.49. The zero-order valence-electron chi connectivity index (χ0n) is 18.5. The maximum atomic E-state index is 12.8. The number of halogens is 2. The maximum absolute atomic E-state index is 12.8. The Hall–Kier alpha value is -1.80. The van der Waals surface area contributed by atoms with Crippen molar-refractivity contribution < 1.29 is 13.2 Å². The molecule has 0 radical (unpaired) electrons. The van der Waals surface area contributed by atoms with Crippen molar-refractivity contribution in [1.29, 1.82) is 0 Å². The molecule has 4 rings (SSSR count). The van der Waals surface area contributed by atoms with Crippen LogP contribution in [0.15, 0.2) is 42.5 Å². The van der Waals surface area contributed by atoms with Crippen molar-refractivity contribution in [1.82, 2.24) is 4.31 Å². The molecule has 6 nitrogen and oxygen atoms in total. The van der Waals surface area contributed by atoms with E-state index in [0.29, 0.717) is 41.5 Å². The summed E-state index contributed by atoms with van der Waals surface area (Å²) in [5.41, 5.74) is 2.56. The van der Waals surface area contributed by atoms with Gasteiger partial charge in [0.2, 0.25) is 15.9 Å². The number of hydrogen-bond donors (Lipinski definition) is 1. The smallest absolute Gasteiger partial charge is 0.227 e. The molecule has 2 fully saturated rings. The first kappa shape index (κ1) is 24.3. The number of nitrogens with one attached hydrogen (secondary N) is 1. The number of nitrogens with zero attached hydrogens (tertiary/aromatic N) is 2. The van der Waals surface area contributed by atoms with Crippen LogP contribution in [0.1, 0.15) is 37.7 Å². The summed E-state index contributed by atoms with van der Waals surface area (Å²) in [5.74, 6) is -0.394. The van der Waals surface area contributed by atoms with Gasteiger partial charge in [0.1, 0.15) is 0 Å². The number of benzene rings is 2. The second-order valence-corrected chi connectivity index (χ2v) is 11.5. The topological polar surface area (TPSA) is 69.7 Å². The van der Waals surface area contributed by atoms with Crippen molar-refractivity contribution in [3.05, 3.63) is 58.1 Å². The van der Waals surface area contributed by atoms with Crippen LogP contribution < -0.4 is 10.2 Å². The summed E-state index contributed by atoms with van der Waals surface area (Å²) >= 11 is 11.9. The molecule has 0 saturated carbocycles. The average Bonchev–Trinajstić information content (AvgIpc) is 2.82. The Balaban J connectivity index is 1.29. The van der Waals surface area contributed by atoms with Gasteiger partial charge in [0.05, 0.1) is 15.8 Å². The van der Waals surface area contributed by atoms with Gasteiger partial charge in [0.25, 0.3) is 0 Å². The highest BCUT2D eigenvalue weighted by atomic mass is 35.5. The minimum absolute atomic E-state index is 0.0535.